The van der Waals surface area contributed by atoms with E-state index in [1.54, 1.807) is 36.4 Å². The molecule has 0 saturated heterocycles. The molecular formula is C24H25NO5. The Labute approximate surface area is 175 Å². The molecule has 0 aliphatic carbocycles. The molecule has 3 N–H and O–H groups in total. The summed E-state index contributed by atoms with van der Waals surface area (Å²) >= 11 is 0. The molecular weight excluding hydrogens is 382 g/mol. The molecule has 0 spiro atoms. The van der Waals surface area contributed by atoms with Crippen LogP contribution in [0.25, 0.3) is 5.57 Å². The molecule has 0 unspecified atom stereocenters. The van der Waals surface area contributed by atoms with Gasteiger partial charge >= 0.3 is 0 Å². The number of phenols is 2. The molecule has 0 radical (unpaired) electrons. The Kier molecular flexibility index (Phi) is 7.99. The summed E-state index contributed by atoms with van der Waals surface area (Å²) in [4.78, 5) is 24.7. The van der Waals surface area contributed by atoms with Gasteiger partial charge in [0.05, 0.1) is 18.6 Å². The first kappa shape index (κ1) is 22.5. The van der Waals surface area contributed by atoms with Gasteiger partial charge in [0.15, 0.2) is 17.3 Å². The van der Waals surface area contributed by atoms with Gasteiger partial charge in [-0.1, -0.05) is 44.4 Å². The summed E-state index contributed by atoms with van der Waals surface area (Å²) in [5.41, 5.74) is 1.79. The van der Waals surface area contributed by atoms with Crippen LogP contribution in [0.4, 0.5) is 5.69 Å². The van der Waals surface area contributed by atoms with Crippen LogP contribution in [0, 0.1) is 0 Å². The number of nitrogens with one attached hydrogen (secondary N) is 1. The van der Waals surface area contributed by atoms with Gasteiger partial charge in [-0.2, -0.15) is 0 Å². The highest BCUT2D eigenvalue weighted by atomic mass is 16.5. The predicted molar refractivity (Wildman–Crippen MR) is 118 cm³/mol. The second-order valence-corrected chi connectivity index (χ2v) is 6.47. The number of hydrogen-bond donors (Lipinski definition) is 3. The fraction of sp³-hybridized carbons (Fsp3) is 0.167. The fourth-order valence-electron chi connectivity index (χ4n) is 2.73. The Hall–Kier alpha value is -3.80. The molecule has 0 aliphatic heterocycles. The van der Waals surface area contributed by atoms with E-state index in [9.17, 15) is 19.8 Å². The van der Waals surface area contributed by atoms with Crippen molar-refractivity contribution in [2.75, 3.05) is 11.9 Å². The van der Waals surface area contributed by atoms with Gasteiger partial charge in [0.1, 0.15) is 5.75 Å². The van der Waals surface area contributed by atoms with Crippen molar-refractivity contribution in [3.63, 3.8) is 0 Å². The molecule has 2 rings (SSSR count). The molecule has 2 aromatic rings. The number of allylic oxidation sites excluding steroid dienone is 4. The predicted octanol–water partition coefficient (Wildman–Crippen LogP) is 4.85. The van der Waals surface area contributed by atoms with Crippen molar-refractivity contribution in [2.24, 2.45) is 0 Å². The third kappa shape index (κ3) is 5.85. The minimum Gasteiger partial charge on any atom is -0.507 e. The molecule has 0 aliphatic rings. The van der Waals surface area contributed by atoms with E-state index >= 15 is 0 Å². The van der Waals surface area contributed by atoms with Gasteiger partial charge < -0.3 is 20.3 Å². The van der Waals surface area contributed by atoms with Crippen molar-refractivity contribution in [1.29, 1.82) is 0 Å². The summed E-state index contributed by atoms with van der Waals surface area (Å²) in [6.45, 7) is 9.74. The number of ketones is 1. The summed E-state index contributed by atoms with van der Waals surface area (Å²) < 4.78 is 5.37. The number of aromatic hydroxyl groups is 2. The first-order valence-electron chi connectivity index (χ1n) is 9.47. The van der Waals surface area contributed by atoms with E-state index in [0.29, 0.717) is 23.6 Å². The van der Waals surface area contributed by atoms with Crippen molar-refractivity contribution < 1.29 is 24.5 Å². The number of carbonyl (C=O) groups excluding carboxylic acids is 2. The highest BCUT2D eigenvalue weighted by Gasteiger charge is 2.17. The Bertz CT molecular complexity index is 991. The molecule has 0 heterocycles. The maximum Gasteiger partial charge on any atom is 0.232 e. The third-order valence-corrected chi connectivity index (χ3v) is 4.17. The first-order valence-corrected chi connectivity index (χ1v) is 9.47. The van der Waals surface area contributed by atoms with Crippen LogP contribution in [-0.2, 0) is 4.79 Å². The molecule has 0 bridgehead atoms. The lowest BCUT2D eigenvalue weighted by molar-refractivity contribution is -0.115. The SMILES string of the molecule is C=C/C=C(\C=C)c1ccc(C(=O)CC(=O)Nc2ccc(OCCC)c(O)c2)c(O)c1. The van der Waals surface area contributed by atoms with Crippen LogP contribution in [0.3, 0.4) is 0 Å². The van der Waals surface area contributed by atoms with Gasteiger partial charge in [0, 0.05) is 11.8 Å². The number of benzene rings is 2. The van der Waals surface area contributed by atoms with Crippen LogP contribution >= 0.6 is 0 Å². The van der Waals surface area contributed by atoms with E-state index in [1.165, 1.54) is 18.2 Å². The number of phenolic OH excluding ortho intramolecular Hbond substituents is 2. The lowest BCUT2D eigenvalue weighted by Crippen LogP contribution is -2.16. The molecule has 6 heteroatoms. The standard InChI is InChI=1S/C24H25NO5/c1-4-7-16(6-3)17-8-10-19(20(26)13-17)21(27)15-24(29)25-18-9-11-23(22(28)14-18)30-12-5-2/h4,6-11,13-14,26,28H,1,3,5,12,15H2,2H3,(H,25,29)/b16-7+. The second-order valence-electron chi connectivity index (χ2n) is 6.47. The molecule has 156 valence electrons. The molecule has 2 aromatic carbocycles. The van der Waals surface area contributed by atoms with Gasteiger partial charge in [-0.05, 0) is 41.8 Å². The van der Waals surface area contributed by atoms with E-state index in [1.807, 2.05) is 6.92 Å². The Morgan fingerprint density at radius 2 is 1.87 bits per heavy atom. The van der Waals surface area contributed by atoms with Crippen LogP contribution in [0.1, 0.15) is 35.7 Å². The monoisotopic (exact) mass is 407 g/mol. The third-order valence-electron chi connectivity index (χ3n) is 4.17. The number of anilines is 1. The summed E-state index contributed by atoms with van der Waals surface area (Å²) in [6.07, 6.45) is 5.27. The molecule has 0 aromatic heterocycles. The van der Waals surface area contributed by atoms with Crippen LogP contribution in [0.15, 0.2) is 67.8 Å². The van der Waals surface area contributed by atoms with Gasteiger partial charge in [0.2, 0.25) is 5.91 Å². The maximum atomic E-state index is 12.4. The number of ether oxygens (including phenoxy) is 1. The minimum atomic E-state index is -0.566. The topological polar surface area (TPSA) is 95.9 Å². The largest absolute Gasteiger partial charge is 0.507 e. The van der Waals surface area contributed by atoms with Crippen molar-refractivity contribution in [1.82, 2.24) is 0 Å². The number of hydrogen-bond acceptors (Lipinski definition) is 5. The van der Waals surface area contributed by atoms with Crippen LogP contribution in [-0.4, -0.2) is 28.5 Å². The average Bonchev–Trinajstić information content (AvgIpc) is 2.71. The summed E-state index contributed by atoms with van der Waals surface area (Å²) in [5.74, 6) is -1.11. The number of carbonyl (C=O) groups is 2. The van der Waals surface area contributed by atoms with E-state index in [4.69, 9.17) is 4.74 Å². The molecule has 0 saturated carbocycles. The van der Waals surface area contributed by atoms with Gasteiger partial charge in [0.25, 0.3) is 0 Å². The van der Waals surface area contributed by atoms with E-state index in [0.717, 1.165) is 12.0 Å². The van der Waals surface area contributed by atoms with E-state index in [2.05, 4.69) is 18.5 Å². The van der Waals surface area contributed by atoms with Crippen LogP contribution in [0.5, 0.6) is 17.2 Å². The Balaban J connectivity index is 2.06. The molecule has 6 nitrogen and oxygen atoms in total. The molecule has 1 amide bonds. The summed E-state index contributed by atoms with van der Waals surface area (Å²) in [6, 6.07) is 9.03. The van der Waals surface area contributed by atoms with Crippen LogP contribution < -0.4 is 10.1 Å². The smallest absolute Gasteiger partial charge is 0.232 e. The summed E-state index contributed by atoms with van der Waals surface area (Å²) in [5, 5.41) is 22.7. The van der Waals surface area contributed by atoms with Gasteiger partial charge in [-0.15, -0.1) is 0 Å². The van der Waals surface area contributed by atoms with Gasteiger partial charge in [-0.25, -0.2) is 0 Å². The highest BCUT2D eigenvalue weighted by Crippen LogP contribution is 2.29. The number of rotatable bonds is 10. The Morgan fingerprint density at radius 3 is 2.47 bits per heavy atom. The van der Waals surface area contributed by atoms with E-state index in [-0.39, 0.29) is 17.1 Å². The zero-order valence-corrected chi connectivity index (χ0v) is 16.9. The van der Waals surface area contributed by atoms with Crippen molar-refractivity contribution in [2.45, 2.75) is 19.8 Å². The van der Waals surface area contributed by atoms with E-state index < -0.39 is 18.1 Å². The minimum absolute atomic E-state index is 0.0436. The van der Waals surface area contributed by atoms with Gasteiger partial charge in [-0.3, -0.25) is 9.59 Å². The maximum absolute atomic E-state index is 12.4. The quantitative estimate of drug-likeness (QED) is 0.297. The first-order chi connectivity index (χ1) is 14.4. The van der Waals surface area contributed by atoms with Crippen molar-refractivity contribution in [3.8, 4) is 17.2 Å². The van der Waals surface area contributed by atoms with Crippen LogP contribution in [0.2, 0.25) is 0 Å². The van der Waals surface area contributed by atoms with Crippen molar-refractivity contribution in [3.05, 3.63) is 78.9 Å². The molecule has 0 atom stereocenters. The second kappa shape index (κ2) is 10.7. The fourth-order valence-corrected chi connectivity index (χ4v) is 2.73. The highest BCUT2D eigenvalue weighted by molar-refractivity contribution is 6.12. The van der Waals surface area contributed by atoms with Crippen molar-refractivity contribution >= 4 is 23.0 Å². The lowest BCUT2D eigenvalue weighted by atomic mass is 10.00. The number of amides is 1. The lowest BCUT2D eigenvalue weighted by Gasteiger charge is -2.10. The molecule has 0 fully saturated rings. The number of Topliss-reactive ketones (excluding diaryl/α,β-unsaturated/α-hetero) is 1. The zero-order valence-electron chi connectivity index (χ0n) is 16.9. The zero-order chi connectivity index (χ0) is 22.1. The normalized spacial score (nSPS) is 10.9. The summed E-state index contributed by atoms with van der Waals surface area (Å²) in [7, 11) is 0. The Morgan fingerprint density at radius 1 is 1.10 bits per heavy atom. The molecule has 30 heavy (non-hydrogen) atoms. The average molecular weight is 407 g/mol.